The predicted molar refractivity (Wildman–Crippen MR) is 62.4 cm³/mol. The quantitative estimate of drug-likeness (QED) is 0.767. The number of ether oxygens (including phenoxy) is 1. The summed E-state index contributed by atoms with van der Waals surface area (Å²) >= 11 is 0. The number of aliphatic hydroxyl groups is 1. The van der Waals surface area contributed by atoms with Crippen LogP contribution in [0.1, 0.15) is 16.7 Å². The molecule has 2 nitrogen and oxygen atoms in total. The van der Waals surface area contributed by atoms with Gasteiger partial charge in [-0.1, -0.05) is 12.1 Å². The molecule has 0 aromatic heterocycles. The van der Waals surface area contributed by atoms with Crippen LogP contribution >= 0.6 is 0 Å². The summed E-state index contributed by atoms with van der Waals surface area (Å²) in [6.45, 7) is 6.78. The highest BCUT2D eigenvalue weighted by Gasteiger charge is 2.01. The first kappa shape index (κ1) is 11.8. The molecule has 0 aliphatic rings. The van der Waals surface area contributed by atoms with Gasteiger partial charge in [0.15, 0.2) is 0 Å². The maximum absolute atomic E-state index is 8.56. The Morgan fingerprint density at radius 2 is 1.73 bits per heavy atom. The van der Waals surface area contributed by atoms with Crippen molar-refractivity contribution >= 4 is 0 Å². The molecule has 0 aliphatic carbocycles. The maximum atomic E-state index is 8.56. The van der Waals surface area contributed by atoms with E-state index in [1.165, 1.54) is 11.1 Å². The topological polar surface area (TPSA) is 29.5 Å². The molecule has 0 radical (unpaired) electrons. The van der Waals surface area contributed by atoms with Crippen molar-refractivity contribution in [1.29, 1.82) is 0 Å². The summed E-state index contributed by atoms with van der Waals surface area (Å²) in [6, 6.07) is 4.18. The van der Waals surface area contributed by atoms with Crippen LogP contribution in [0.15, 0.2) is 24.3 Å². The van der Waals surface area contributed by atoms with E-state index in [0.29, 0.717) is 6.61 Å². The Labute approximate surface area is 91.2 Å². The van der Waals surface area contributed by atoms with Crippen molar-refractivity contribution in [2.45, 2.75) is 20.8 Å². The Kier molecular flexibility index (Phi) is 4.37. The number of aryl methyl sites for hydroxylation is 3. The fourth-order valence-corrected chi connectivity index (χ4v) is 1.37. The van der Waals surface area contributed by atoms with Crippen LogP contribution in [0.5, 0.6) is 5.75 Å². The molecule has 2 heteroatoms. The van der Waals surface area contributed by atoms with Crippen molar-refractivity contribution in [3.63, 3.8) is 0 Å². The Hall–Kier alpha value is -1.28. The first-order chi connectivity index (χ1) is 7.15. The summed E-state index contributed by atoms with van der Waals surface area (Å²) in [6.07, 6.45) is 3.49. The van der Waals surface area contributed by atoms with Gasteiger partial charge < -0.3 is 9.84 Å². The molecule has 0 aliphatic heterocycles. The lowest BCUT2D eigenvalue weighted by molar-refractivity contribution is 0.336. The molecule has 0 saturated heterocycles. The molecule has 0 saturated carbocycles. The summed E-state index contributed by atoms with van der Waals surface area (Å²) in [5.41, 5.74) is 3.67. The minimum Gasteiger partial charge on any atom is -0.489 e. The zero-order chi connectivity index (χ0) is 11.3. The highest BCUT2D eigenvalue weighted by atomic mass is 16.5. The number of hydrogen-bond acceptors (Lipinski definition) is 2. The second kappa shape index (κ2) is 5.56. The Morgan fingerprint density at radius 3 is 2.40 bits per heavy atom. The maximum Gasteiger partial charge on any atom is 0.122 e. The predicted octanol–water partition coefficient (Wildman–Crippen LogP) is 2.54. The van der Waals surface area contributed by atoms with E-state index in [4.69, 9.17) is 9.84 Å². The minimum atomic E-state index is 0.0647. The van der Waals surface area contributed by atoms with Crippen molar-refractivity contribution in [3.8, 4) is 5.75 Å². The number of aliphatic hydroxyl groups excluding tert-OH is 1. The molecule has 15 heavy (non-hydrogen) atoms. The van der Waals surface area contributed by atoms with Gasteiger partial charge in [-0.05, 0) is 49.6 Å². The molecular formula is C13H18O2. The molecule has 0 bridgehead atoms. The van der Waals surface area contributed by atoms with E-state index >= 15 is 0 Å². The lowest BCUT2D eigenvalue weighted by Crippen LogP contribution is -1.97. The van der Waals surface area contributed by atoms with E-state index in [0.717, 1.165) is 11.3 Å². The van der Waals surface area contributed by atoms with Crippen molar-refractivity contribution in [1.82, 2.24) is 0 Å². The molecule has 0 fully saturated rings. The van der Waals surface area contributed by atoms with E-state index < -0.39 is 0 Å². The molecule has 1 aromatic carbocycles. The van der Waals surface area contributed by atoms with E-state index in [-0.39, 0.29) is 6.61 Å². The lowest BCUT2D eigenvalue weighted by atomic mass is 10.1. The van der Waals surface area contributed by atoms with Crippen molar-refractivity contribution in [2.24, 2.45) is 0 Å². The van der Waals surface area contributed by atoms with Crippen molar-refractivity contribution < 1.29 is 9.84 Å². The van der Waals surface area contributed by atoms with Gasteiger partial charge >= 0.3 is 0 Å². The van der Waals surface area contributed by atoms with E-state index in [1.54, 1.807) is 6.08 Å². The molecule has 0 atom stereocenters. The van der Waals surface area contributed by atoms with Crippen LogP contribution in [0.4, 0.5) is 0 Å². The van der Waals surface area contributed by atoms with Crippen molar-refractivity contribution in [2.75, 3.05) is 13.2 Å². The molecule has 0 heterocycles. The van der Waals surface area contributed by atoms with Gasteiger partial charge in [-0.15, -0.1) is 0 Å². The normalized spacial score (nSPS) is 10.9. The Balaban J connectivity index is 2.69. The SMILES string of the molecule is Cc1cc(C)c(OC/C=C/CO)cc1C. The van der Waals surface area contributed by atoms with Crippen LogP contribution in [0.3, 0.4) is 0 Å². The largest absolute Gasteiger partial charge is 0.489 e. The van der Waals surface area contributed by atoms with Gasteiger partial charge in [-0.3, -0.25) is 0 Å². The summed E-state index contributed by atoms with van der Waals surface area (Å²) in [5.74, 6) is 0.917. The van der Waals surface area contributed by atoms with E-state index in [2.05, 4.69) is 26.0 Å². The molecule has 0 spiro atoms. The van der Waals surface area contributed by atoms with Crippen molar-refractivity contribution in [3.05, 3.63) is 41.0 Å². The molecule has 1 N–H and O–H groups in total. The number of hydrogen-bond donors (Lipinski definition) is 1. The minimum absolute atomic E-state index is 0.0647. The fourth-order valence-electron chi connectivity index (χ4n) is 1.37. The number of rotatable bonds is 4. The molecule has 82 valence electrons. The smallest absolute Gasteiger partial charge is 0.122 e. The molecule has 0 amide bonds. The summed E-state index contributed by atoms with van der Waals surface area (Å²) in [7, 11) is 0. The van der Waals surface area contributed by atoms with Gasteiger partial charge in [0.25, 0.3) is 0 Å². The molecular weight excluding hydrogens is 188 g/mol. The van der Waals surface area contributed by atoms with Crippen LogP contribution in [-0.2, 0) is 0 Å². The first-order valence-corrected chi connectivity index (χ1v) is 5.11. The van der Waals surface area contributed by atoms with E-state index in [1.807, 2.05) is 13.0 Å². The first-order valence-electron chi connectivity index (χ1n) is 5.11. The third kappa shape index (κ3) is 3.40. The summed E-state index contributed by atoms with van der Waals surface area (Å²) in [4.78, 5) is 0. The van der Waals surface area contributed by atoms with Crippen LogP contribution < -0.4 is 4.74 Å². The summed E-state index contributed by atoms with van der Waals surface area (Å²) < 4.78 is 5.58. The third-order valence-corrected chi connectivity index (χ3v) is 2.40. The third-order valence-electron chi connectivity index (χ3n) is 2.40. The monoisotopic (exact) mass is 206 g/mol. The van der Waals surface area contributed by atoms with Crippen LogP contribution in [-0.4, -0.2) is 18.3 Å². The second-order valence-corrected chi connectivity index (χ2v) is 3.67. The van der Waals surface area contributed by atoms with Gasteiger partial charge in [-0.25, -0.2) is 0 Å². The number of benzene rings is 1. The highest BCUT2D eigenvalue weighted by molar-refractivity contribution is 5.40. The standard InChI is InChI=1S/C13H18O2/c1-10-8-12(3)13(9-11(10)2)15-7-5-4-6-14/h4-5,8-9,14H,6-7H2,1-3H3/b5-4+. The zero-order valence-electron chi connectivity index (χ0n) is 9.58. The van der Waals surface area contributed by atoms with Gasteiger partial charge in [0.2, 0.25) is 0 Å². The van der Waals surface area contributed by atoms with Crippen LogP contribution in [0.2, 0.25) is 0 Å². The van der Waals surface area contributed by atoms with Crippen LogP contribution in [0, 0.1) is 20.8 Å². The lowest BCUT2D eigenvalue weighted by Gasteiger charge is -2.10. The fraction of sp³-hybridized carbons (Fsp3) is 0.385. The highest BCUT2D eigenvalue weighted by Crippen LogP contribution is 2.22. The van der Waals surface area contributed by atoms with Crippen LogP contribution in [0.25, 0.3) is 0 Å². The average molecular weight is 206 g/mol. The molecule has 0 unspecified atom stereocenters. The molecule has 1 rings (SSSR count). The Morgan fingerprint density at radius 1 is 1.07 bits per heavy atom. The summed E-state index contributed by atoms with van der Waals surface area (Å²) in [5, 5.41) is 8.56. The molecule has 1 aromatic rings. The Bertz CT molecular complexity index is 354. The van der Waals surface area contributed by atoms with Gasteiger partial charge in [0.05, 0.1) is 6.61 Å². The van der Waals surface area contributed by atoms with Gasteiger partial charge in [0.1, 0.15) is 12.4 Å². The average Bonchev–Trinajstić information content (AvgIpc) is 2.20. The zero-order valence-corrected chi connectivity index (χ0v) is 9.58. The van der Waals surface area contributed by atoms with E-state index in [9.17, 15) is 0 Å². The van der Waals surface area contributed by atoms with Gasteiger partial charge in [0, 0.05) is 0 Å². The second-order valence-electron chi connectivity index (χ2n) is 3.67. The van der Waals surface area contributed by atoms with Gasteiger partial charge in [-0.2, -0.15) is 0 Å².